The molecule has 1 unspecified atom stereocenters. The van der Waals surface area contributed by atoms with Crippen molar-refractivity contribution in [3.8, 4) is 0 Å². The second-order valence-electron chi connectivity index (χ2n) is 5.43. The van der Waals surface area contributed by atoms with Crippen LogP contribution >= 0.6 is 0 Å². The Morgan fingerprint density at radius 1 is 1.38 bits per heavy atom. The average Bonchev–Trinajstić information content (AvgIpc) is 3.17. The fourth-order valence-corrected chi connectivity index (χ4v) is 2.31. The van der Waals surface area contributed by atoms with Crippen LogP contribution in [0.3, 0.4) is 0 Å². The van der Waals surface area contributed by atoms with Crippen molar-refractivity contribution in [3.63, 3.8) is 0 Å². The zero-order chi connectivity index (χ0) is 17.1. The number of benzene rings is 1. The van der Waals surface area contributed by atoms with E-state index in [2.05, 4.69) is 15.6 Å². The summed E-state index contributed by atoms with van der Waals surface area (Å²) in [5.74, 6) is -1.08. The molecular weight excluding hydrogens is 312 g/mol. The van der Waals surface area contributed by atoms with Gasteiger partial charge in [-0.2, -0.15) is 0 Å². The first kappa shape index (κ1) is 15.7. The number of carboxylic acid groups (broad SMARTS) is 1. The Morgan fingerprint density at radius 3 is 2.92 bits per heavy atom. The maximum Gasteiger partial charge on any atom is 0.325 e. The number of carbonyl (C=O) groups excluding carboxylic acids is 1. The standard InChI is InChI=1S/C16H16N4O4/c1-10(14-6-11-4-2-3-5-13(11)24-14)16(23)17-7-12-8-20(19-18-12)9-15(21)22/h2-6,8,10H,7,9H2,1H3,(H,17,23)(H,21,22). The molecule has 0 spiro atoms. The van der Waals surface area contributed by atoms with Crippen molar-refractivity contribution in [1.29, 1.82) is 0 Å². The molecule has 0 fully saturated rings. The number of rotatable bonds is 6. The number of hydrogen-bond donors (Lipinski definition) is 2. The Kier molecular flexibility index (Phi) is 4.28. The molecule has 1 aromatic carbocycles. The number of carboxylic acids is 1. The number of carbonyl (C=O) groups is 2. The molecule has 2 N–H and O–H groups in total. The van der Waals surface area contributed by atoms with Gasteiger partial charge in [0.2, 0.25) is 5.91 Å². The van der Waals surface area contributed by atoms with E-state index in [4.69, 9.17) is 9.52 Å². The van der Waals surface area contributed by atoms with Crippen molar-refractivity contribution in [3.05, 3.63) is 48.0 Å². The highest BCUT2D eigenvalue weighted by Crippen LogP contribution is 2.25. The van der Waals surface area contributed by atoms with Gasteiger partial charge >= 0.3 is 5.97 Å². The van der Waals surface area contributed by atoms with E-state index in [0.717, 1.165) is 11.0 Å². The third-order valence-corrected chi connectivity index (χ3v) is 3.59. The number of para-hydroxylation sites is 1. The molecule has 0 saturated carbocycles. The van der Waals surface area contributed by atoms with Crippen molar-refractivity contribution in [2.24, 2.45) is 0 Å². The van der Waals surface area contributed by atoms with Gasteiger partial charge in [0, 0.05) is 5.39 Å². The van der Waals surface area contributed by atoms with E-state index in [1.165, 1.54) is 10.9 Å². The van der Waals surface area contributed by atoms with E-state index in [1.807, 2.05) is 30.3 Å². The minimum atomic E-state index is -1.01. The van der Waals surface area contributed by atoms with Gasteiger partial charge in [0.05, 0.1) is 18.7 Å². The van der Waals surface area contributed by atoms with E-state index >= 15 is 0 Å². The van der Waals surface area contributed by atoms with Gasteiger partial charge in [-0.05, 0) is 19.1 Å². The fourth-order valence-electron chi connectivity index (χ4n) is 2.31. The summed E-state index contributed by atoms with van der Waals surface area (Å²) in [6.45, 7) is 1.66. The second kappa shape index (κ2) is 6.53. The van der Waals surface area contributed by atoms with Crippen LogP contribution in [0, 0.1) is 0 Å². The molecule has 3 aromatic rings. The summed E-state index contributed by atoms with van der Waals surface area (Å²) in [5, 5.41) is 19.9. The number of aromatic nitrogens is 3. The molecule has 124 valence electrons. The predicted molar refractivity (Wildman–Crippen MR) is 84.1 cm³/mol. The summed E-state index contributed by atoms with van der Waals surface area (Å²) >= 11 is 0. The van der Waals surface area contributed by atoms with Gasteiger partial charge in [0.1, 0.15) is 23.6 Å². The Bertz CT molecular complexity index is 850. The smallest absolute Gasteiger partial charge is 0.325 e. The van der Waals surface area contributed by atoms with E-state index in [1.54, 1.807) is 6.92 Å². The Hall–Kier alpha value is -3.16. The predicted octanol–water partition coefficient (Wildman–Crippen LogP) is 1.53. The molecule has 0 aliphatic carbocycles. The Labute approximate surface area is 137 Å². The van der Waals surface area contributed by atoms with Crippen LogP contribution in [-0.2, 0) is 22.7 Å². The maximum absolute atomic E-state index is 12.3. The van der Waals surface area contributed by atoms with Crippen molar-refractivity contribution < 1.29 is 19.1 Å². The molecule has 0 radical (unpaired) electrons. The summed E-state index contributed by atoms with van der Waals surface area (Å²) in [4.78, 5) is 22.9. The van der Waals surface area contributed by atoms with Crippen molar-refractivity contribution >= 4 is 22.8 Å². The second-order valence-corrected chi connectivity index (χ2v) is 5.43. The van der Waals surface area contributed by atoms with Gasteiger partial charge < -0.3 is 14.8 Å². The van der Waals surface area contributed by atoms with Gasteiger partial charge in [0.15, 0.2) is 0 Å². The maximum atomic E-state index is 12.3. The molecule has 1 amide bonds. The molecule has 8 nitrogen and oxygen atoms in total. The Balaban J connectivity index is 1.61. The topological polar surface area (TPSA) is 110 Å². The number of amides is 1. The summed E-state index contributed by atoms with van der Waals surface area (Å²) < 4.78 is 6.89. The van der Waals surface area contributed by atoms with Crippen LogP contribution in [0.15, 0.2) is 40.9 Å². The minimum absolute atomic E-state index is 0.170. The fraction of sp³-hybridized carbons (Fsp3) is 0.250. The molecule has 0 aliphatic heterocycles. The summed E-state index contributed by atoms with van der Waals surface area (Å²) in [6, 6.07) is 9.41. The minimum Gasteiger partial charge on any atom is -0.480 e. The van der Waals surface area contributed by atoms with Crippen LogP contribution in [0.25, 0.3) is 11.0 Å². The number of aliphatic carboxylic acids is 1. The normalized spacial score (nSPS) is 12.2. The SMILES string of the molecule is CC(C(=O)NCc1cn(CC(=O)O)nn1)c1cc2ccccc2o1. The number of nitrogens with one attached hydrogen (secondary N) is 1. The molecule has 0 saturated heterocycles. The van der Waals surface area contributed by atoms with E-state index in [9.17, 15) is 9.59 Å². The quantitative estimate of drug-likeness (QED) is 0.710. The molecular formula is C16H16N4O4. The van der Waals surface area contributed by atoms with Crippen molar-refractivity contribution in [1.82, 2.24) is 20.3 Å². The van der Waals surface area contributed by atoms with Gasteiger partial charge in [-0.25, -0.2) is 4.68 Å². The summed E-state index contributed by atoms with van der Waals surface area (Å²) in [7, 11) is 0. The van der Waals surface area contributed by atoms with Crippen molar-refractivity contribution in [2.75, 3.05) is 0 Å². The van der Waals surface area contributed by atoms with Crippen molar-refractivity contribution in [2.45, 2.75) is 25.9 Å². The lowest BCUT2D eigenvalue weighted by molar-refractivity contribution is -0.138. The highest BCUT2D eigenvalue weighted by molar-refractivity contribution is 5.85. The molecule has 0 bridgehead atoms. The van der Waals surface area contributed by atoms with Crippen LogP contribution in [-0.4, -0.2) is 32.0 Å². The van der Waals surface area contributed by atoms with E-state index in [-0.39, 0.29) is 19.0 Å². The highest BCUT2D eigenvalue weighted by Gasteiger charge is 2.19. The molecule has 2 aromatic heterocycles. The highest BCUT2D eigenvalue weighted by atomic mass is 16.4. The largest absolute Gasteiger partial charge is 0.480 e. The third kappa shape index (κ3) is 3.43. The zero-order valence-electron chi connectivity index (χ0n) is 13.0. The summed E-state index contributed by atoms with van der Waals surface area (Å²) in [6.07, 6.45) is 1.49. The van der Waals surface area contributed by atoms with Gasteiger partial charge in [-0.15, -0.1) is 5.10 Å². The molecule has 2 heterocycles. The third-order valence-electron chi connectivity index (χ3n) is 3.59. The number of nitrogens with zero attached hydrogens (tertiary/aromatic N) is 3. The first-order chi connectivity index (χ1) is 11.5. The lowest BCUT2D eigenvalue weighted by Gasteiger charge is -2.08. The lowest BCUT2D eigenvalue weighted by Crippen LogP contribution is -2.27. The molecule has 24 heavy (non-hydrogen) atoms. The Morgan fingerprint density at radius 2 is 2.17 bits per heavy atom. The zero-order valence-corrected chi connectivity index (χ0v) is 13.0. The summed E-state index contributed by atoms with van der Waals surface area (Å²) in [5.41, 5.74) is 1.23. The molecule has 1 atom stereocenters. The first-order valence-electron chi connectivity index (χ1n) is 7.40. The van der Waals surface area contributed by atoms with Gasteiger partial charge in [-0.3, -0.25) is 9.59 Å². The average molecular weight is 328 g/mol. The van der Waals surface area contributed by atoms with Gasteiger partial charge in [-0.1, -0.05) is 23.4 Å². The van der Waals surface area contributed by atoms with Crippen LogP contribution in [0.2, 0.25) is 0 Å². The van der Waals surface area contributed by atoms with Crippen LogP contribution in [0.1, 0.15) is 24.3 Å². The number of furan rings is 1. The van der Waals surface area contributed by atoms with Gasteiger partial charge in [0.25, 0.3) is 0 Å². The van der Waals surface area contributed by atoms with E-state index < -0.39 is 11.9 Å². The van der Waals surface area contributed by atoms with Crippen LogP contribution < -0.4 is 5.32 Å². The lowest BCUT2D eigenvalue weighted by atomic mass is 10.1. The molecule has 8 heteroatoms. The number of hydrogen-bond acceptors (Lipinski definition) is 5. The van der Waals surface area contributed by atoms with Crippen LogP contribution in [0.5, 0.6) is 0 Å². The van der Waals surface area contributed by atoms with E-state index in [0.29, 0.717) is 11.5 Å². The first-order valence-corrected chi connectivity index (χ1v) is 7.40. The number of fused-ring (bicyclic) bond motifs is 1. The van der Waals surface area contributed by atoms with Crippen LogP contribution in [0.4, 0.5) is 0 Å². The molecule has 0 aliphatic rings. The molecule has 3 rings (SSSR count). The monoisotopic (exact) mass is 328 g/mol.